The number of hydrogen-bond donors (Lipinski definition) is 1. The molecule has 0 bridgehead atoms. The van der Waals surface area contributed by atoms with Gasteiger partial charge in [0.2, 0.25) is 0 Å². The average Bonchev–Trinajstić information content (AvgIpc) is 2.54. The van der Waals surface area contributed by atoms with Gasteiger partial charge in [0.1, 0.15) is 0 Å². The van der Waals surface area contributed by atoms with Crippen LogP contribution in [0.2, 0.25) is 0 Å². The zero-order valence-corrected chi connectivity index (χ0v) is 10.1. The molecule has 1 aliphatic carbocycles. The molecular weight excluding hydrogens is 184 g/mol. The number of nitrogens with two attached hydrogens (primary N) is 1. The van der Waals surface area contributed by atoms with Gasteiger partial charge in [0.05, 0.1) is 0 Å². The minimum atomic E-state index is 0.771. The summed E-state index contributed by atoms with van der Waals surface area (Å²) in [5, 5.41) is 0. The summed E-state index contributed by atoms with van der Waals surface area (Å²) in [5.41, 5.74) is 5.95. The minimum Gasteiger partial charge on any atom is -0.330 e. The number of nitrogens with zero attached hydrogens (tertiary/aromatic N) is 1. The predicted molar refractivity (Wildman–Crippen MR) is 64.8 cm³/mol. The van der Waals surface area contributed by atoms with Crippen LogP contribution in [0, 0.1) is 5.92 Å². The van der Waals surface area contributed by atoms with Gasteiger partial charge in [0.15, 0.2) is 0 Å². The molecule has 2 fully saturated rings. The van der Waals surface area contributed by atoms with Crippen molar-refractivity contribution in [3.63, 3.8) is 0 Å². The lowest BCUT2D eigenvalue weighted by molar-refractivity contribution is 0.129. The summed E-state index contributed by atoms with van der Waals surface area (Å²) < 4.78 is 0. The van der Waals surface area contributed by atoms with Crippen molar-refractivity contribution in [3.8, 4) is 0 Å². The lowest BCUT2D eigenvalue weighted by Crippen LogP contribution is -2.44. The Labute approximate surface area is 94.2 Å². The Morgan fingerprint density at radius 1 is 1.07 bits per heavy atom. The minimum absolute atomic E-state index is 0.771. The van der Waals surface area contributed by atoms with Crippen molar-refractivity contribution < 1.29 is 0 Å². The maximum atomic E-state index is 5.95. The molecule has 2 heteroatoms. The van der Waals surface area contributed by atoms with Crippen LogP contribution < -0.4 is 5.73 Å². The summed E-state index contributed by atoms with van der Waals surface area (Å²) in [6.45, 7) is 4.61. The lowest BCUT2D eigenvalue weighted by atomic mass is 9.93. The van der Waals surface area contributed by atoms with E-state index in [1.807, 2.05) is 0 Å². The molecule has 1 saturated heterocycles. The molecule has 0 spiro atoms. The number of hydrogen-bond acceptors (Lipinski definition) is 2. The fourth-order valence-electron chi connectivity index (χ4n) is 3.52. The van der Waals surface area contributed by atoms with Crippen molar-refractivity contribution in [2.45, 2.75) is 64.0 Å². The highest BCUT2D eigenvalue weighted by atomic mass is 15.2. The van der Waals surface area contributed by atoms with E-state index in [0.29, 0.717) is 0 Å². The fraction of sp³-hybridized carbons (Fsp3) is 1.00. The lowest BCUT2D eigenvalue weighted by Gasteiger charge is -2.35. The standard InChI is InChI=1S/C13H26N2/c1-11-6-5-9-15(11)13-8-4-2-3-7-12(13)10-14/h11-13H,2-10,14H2,1H3. The summed E-state index contributed by atoms with van der Waals surface area (Å²) in [5.74, 6) is 0.771. The van der Waals surface area contributed by atoms with Crippen LogP contribution in [0.15, 0.2) is 0 Å². The molecule has 3 atom stereocenters. The predicted octanol–water partition coefficient (Wildman–Crippen LogP) is 2.38. The second-order valence-corrected chi connectivity index (χ2v) is 5.43. The number of likely N-dealkylation sites (tertiary alicyclic amines) is 1. The molecule has 2 nitrogen and oxygen atoms in total. The van der Waals surface area contributed by atoms with Crippen molar-refractivity contribution in [2.75, 3.05) is 13.1 Å². The molecule has 2 N–H and O–H groups in total. The average molecular weight is 210 g/mol. The molecule has 0 radical (unpaired) electrons. The first-order valence-electron chi connectivity index (χ1n) is 6.78. The topological polar surface area (TPSA) is 29.3 Å². The third-order valence-electron chi connectivity index (χ3n) is 4.45. The van der Waals surface area contributed by atoms with Crippen LogP contribution in [-0.2, 0) is 0 Å². The van der Waals surface area contributed by atoms with Crippen molar-refractivity contribution in [1.29, 1.82) is 0 Å². The molecule has 1 heterocycles. The van der Waals surface area contributed by atoms with Crippen LogP contribution in [0.5, 0.6) is 0 Å². The molecule has 0 aromatic heterocycles. The van der Waals surface area contributed by atoms with Crippen LogP contribution in [0.3, 0.4) is 0 Å². The van der Waals surface area contributed by atoms with Gasteiger partial charge in [0, 0.05) is 12.1 Å². The summed E-state index contributed by atoms with van der Waals surface area (Å²) in [6.07, 6.45) is 9.81. The van der Waals surface area contributed by atoms with Crippen LogP contribution in [0.25, 0.3) is 0 Å². The maximum absolute atomic E-state index is 5.95. The van der Waals surface area contributed by atoms with E-state index in [0.717, 1.165) is 24.5 Å². The van der Waals surface area contributed by atoms with Crippen LogP contribution in [0.4, 0.5) is 0 Å². The van der Waals surface area contributed by atoms with Gasteiger partial charge in [-0.05, 0) is 51.6 Å². The second-order valence-electron chi connectivity index (χ2n) is 5.43. The molecule has 2 rings (SSSR count). The van der Waals surface area contributed by atoms with E-state index >= 15 is 0 Å². The molecular formula is C13H26N2. The zero-order chi connectivity index (χ0) is 10.7. The second kappa shape index (κ2) is 5.31. The molecule has 2 aliphatic rings. The molecule has 1 aliphatic heterocycles. The monoisotopic (exact) mass is 210 g/mol. The summed E-state index contributed by atoms with van der Waals surface area (Å²) >= 11 is 0. The van der Waals surface area contributed by atoms with E-state index in [2.05, 4.69) is 11.8 Å². The van der Waals surface area contributed by atoms with E-state index in [1.54, 1.807) is 0 Å². The van der Waals surface area contributed by atoms with Gasteiger partial charge < -0.3 is 5.73 Å². The van der Waals surface area contributed by atoms with Gasteiger partial charge in [-0.25, -0.2) is 0 Å². The van der Waals surface area contributed by atoms with Gasteiger partial charge in [-0.2, -0.15) is 0 Å². The Morgan fingerprint density at radius 3 is 2.53 bits per heavy atom. The van der Waals surface area contributed by atoms with Crippen molar-refractivity contribution >= 4 is 0 Å². The first-order valence-corrected chi connectivity index (χ1v) is 6.78. The fourth-order valence-corrected chi connectivity index (χ4v) is 3.52. The van der Waals surface area contributed by atoms with E-state index in [9.17, 15) is 0 Å². The van der Waals surface area contributed by atoms with E-state index in [-0.39, 0.29) is 0 Å². The summed E-state index contributed by atoms with van der Waals surface area (Å²) in [4.78, 5) is 2.75. The zero-order valence-electron chi connectivity index (χ0n) is 10.1. The van der Waals surface area contributed by atoms with Crippen LogP contribution in [-0.4, -0.2) is 30.1 Å². The number of rotatable bonds is 2. The Bertz CT molecular complexity index is 193. The molecule has 3 unspecified atom stereocenters. The van der Waals surface area contributed by atoms with E-state index in [1.165, 1.54) is 51.5 Å². The highest BCUT2D eigenvalue weighted by Gasteiger charge is 2.32. The van der Waals surface area contributed by atoms with Crippen LogP contribution in [0.1, 0.15) is 51.9 Å². The van der Waals surface area contributed by atoms with E-state index < -0.39 is 0 Å². The first kappa shape index (κ1) is 11.4. The van der Waals surface area contributed by atoms with Gasteiger partial charge in [-0.1, -0.05) is 19.3 Å². The highest BCUT2D eigenvalue weighted by molar-refractivity contribution is 4.88. The van der Waals surface area contributed by atoms with Crippen molar-refractivity contribution in [1.82, 2.24) is 4.90 Å². The summed E-state index contributed by atoms with van der Waals surface area (Å²) in [7, 11) is 0. The highest BCUT2D eigenvalue weighted by Crippen LogP contribution is 2.31. The van der Waals surface area contributed by atoms with Crippen LogP contribution >= 0.6 is 0 Å². The summed E-state index contributed by atoms with van der Waals surface area (Å²) in [6, 6.07) is 1.61. The Hall–Kier alpha value is -0.0800. The van der Waals surface area contributed by atoms with Gasteiger partial charge >= 0.3 is 0 Å². The Kier molecular flexibility index (Phi) is 4.04. The third kappa shape index (κ3) is 2.54. The molecule has 15 heavy (non-hydrogen) atoms. The Balaban J connectivity index is 2.02. The Morgan fingerprint density at radius 2 is 1.87 bits per heavy atom. The van der Waals surface area contributed by atoms with Crippen molar-refractivity contribution in [3.05, 3.63) is 0 Å². The molecule has 0 aromatic rings. The van der Waals surface area contributed by atoms with Gasteiger partial charge in [0.25, 0.3) is 0 Å². The third-order valence-corrected chi connectivity index (χ3v) is 4.45. The SMILES string of the molecule is CC1CCCN1C1CCCCCC1CN. The van der Waals surface area contributed by atoms with Crippen molar-refractivity contribution in [2.24, 2.45) is 11.7 Å². The first-order chi connectivity index (χ1) is 7.33. The largest absolute Gasteiger partial charge is 0.330 e. The molecule has 1 saturated carbocycles. The van der Waals surface area contributed by atoms with Gasteiger partial charge in [-0.15, -0.1) is 0 Å². The maximum Gasteiger partial charge on any atom is 0.0138 e. The quantitative estimate of drug-likeness (QED) is 0.709. The van der Waals surface area contributed by atoms with E-state index in [4.69, 9.17) is 5.73 Å². The van der Waals surface area contributed by atoms with Gasteiger partial charge in [-0.3, -0.25) is 4.90 Å². The normalized spacial score (nSPS) is 39.2. The molecule has 0 amide bonds. The smallest absolute Gasteiger partial charge is 0.0138 e. The molecule has 88 valence electrons. The molecule has 0 aromatic carbocycles.